The van der Waals surface area contributed by atoms with Gasteiger partial charge in [-0.25, -0.2) is 0 Å². The van der Waals surface area contributed by atoms with E-state index in [-0.39, 0.29) is 0 Å². The van der Waals surface area contributed by atoms with Gasteiger partial charge in [-0.2, -0.15) is 0 Å². The Morgan fingerprint density at radius 3 is 2.45 bits per heavy atom. The van der Waals surface area contributed by atoms with E-state index in [1.807, 2.05) is 12.1 Å². The fourth-order valence-electron chi connectivity index (χ4n) is 3.09. The SMILES string of the molecule is COc1ccc(C2(O)CCC(C)C(C)C2)c(OC)c1Br. The highest BCUT2D eigenvalue weighted by molar-refractivity contribution is 9.10. The van der Waals surface area contributed by atoms with Gasteiger partial charge in [0.1, 0.15) is 16.0 Å². The number of rotatable bonds is 3. The predicted octanol–water partition coefficient (Wildman–Crippen LogP) is 4.11. The van der Waals surface area contributed by atoms with Crippen LogP contribution in [0.3, 0.4) is 0 Å². The minimum atomic E-state index is -0.813. The van der Waals surface area contributed by atoms with Crippen LogP contribution in [0, 0.1) is 11.8 Å². The van der Waals surface area contributed by atoms with Gasteiger partial charge in [0.05, 0.1) is 19.8 Å². The number of aliphatic hydroxyl groups is 1. The van der Waals surface area contributed by atoms with E-state index in [4.69, 9.17) is 9.47 Å². The summed E-state index contributed by atoms with van der Waals surface area (Å²) in [7, 11) is 3.25. The second kappa shape index (κ2) is 5.94. The smallest absolute Gasteiger partial charge is 0.142 e. The molecule has 3 nitrogen and oxygen atoms in total. The summed E-state index contributed by atoms with van der Waals surface area (Å²) in [5.74, 6) is 2.54. The summed E-state index contributed by atoms with van der Waals surface area (Å²) in [5.41, 5.74) is 0.0397. The van der Waals surface area contributed by atoms with Gasteiger partial charge in [0.2, 0.25) is 0 Å². The van der Waals surface area contributed by atoms with Crippen LogP contribution in [0.15, 0.2) is 16.6 Å². The summed E-state index contributed by atoms with van der Waals surface area (Å²) >= 11 is 3.51. The largest absolute Gasteiger partial charge is 0.495 e. The van der Waals surface area contributed by atoms with Crippen LogP contribution in [0.2, 0.25) is 0 Å². The van der Waals surface area contributed by atoms with Crippen LogP contribution < -0.4 is 9.47 Å². The van der Waals surface area contributed by atoms with Gasteiger partial charge in [-0.05, 0) is 59.2 Å². The molecule has 0 amide bonds. The number of methoxy groups -OCH3 is 2. The molecule has 1 aromatic rings. The summed E-state index contributed by atoms with van der Waals surface area (Å²) in [6.45, 7) is 4.46. The molecule has 1 aliphatic rings. The lowest BCUT2D eigenvalue weighted by molar-refractivity contribution is -0.0352. The van der Waals surface area contributed by atoms with Gasteiger partial charge in [0, 0.05) is 5.56 Å². The van der Waals surface area contributed by atoms with Crippen molar-refractivity contribution >= 4 is 15.9 Å². The molecule has 1 aliphatic carbocycles. The van der Waals surface area contributed by atoms with Crippen LogP contribution >= 0.6 is 15.9 Å². The van der Waals surface area contributed by atoms with Crippen molar-refractivity contribution in [2.75, 3.05) is 14.2 Å². The monoisotopic (exact) mass is 342 g/mol. The average Bonchev–Trinajstić information content (AvgIpc) is 2.43. The highest BCUT2D eigenvalue weighted by Crippen LogP contribution is 2.48. The molecule has 4 heteroatoms. The normalized spacial score (nSPS) is 30.1. The molecule has 0 saturated heterocycles. The van der Waals surface area contributed by atoms with Crippen LogP contribution in [0.5, 0.6) is 11.5 Å². The fraction of sp³-hybridized carbons (Fsp3) is 0.625. The quantitative estimate of drug-likeness (QED) is 0.898. The molecule has 0 heterocycles. The molecule has 112 valence electrons. The van der Waals surface area contributed by atoms with Crippen molar-refractivity contribution in [2.45, 2.75) is 38.7 Å². The zero-order valence-corrected chi connectivity index (χ0v) is 14.2. The number of benzene rings is 1. The molecule has 20 heavy (non-hydrogen) atoms. The molecule has 0 aliphatic heterocycles. The second-order valence-corrected chi connectivity index (χ2v) is 6.68. The topological polar surface area (TPSA) is 38.7 Å². The molecule has 3 atom stereocenters. The third-order valence-electron chi connectivity index (χ3n) is 4.63. The maximum Gasteiger partial charge on any atom is 0.142 e. The van der Waals surface area contributed by atoms with Crippen molar-refractivity contribution in [3.63, 3.8) is 0 Å². The summed E-state index contributed by atoms with van der Waals surface area (Å²) in [6, 6.07) is 3.80. The van der Waals surface area contributed by atoms with Gasteiger partial charge in [-0.15, -0.1) is 0 Å². The first-order chi connectivity index (χ1) is 9.42. The number of hydrogen-bond acceptors (Lipinski definition) is 3. The van der Waals surface area contributed by atoms with Crippen molar-refractivity contribution in [1.29, 1.82) is 0 Å². The van der Waals surface area contributed by atoms with Crippen molar-refractivity contribution in [3.05, 3.63) is 22.2 Å². The lowest BCUT2D eigenvalue weighted by atomic mass is 9.70. The van der Waals surface area contributed by atoms with Gasteiger partial charge in [0.25, 0.3) is 0 Å². The first kappa shape index (κ1) is 15.6. The highest BCUT2D eigenvalue weighted by atomic mass is 79.9. The minimum Gasteiger partial charge on any atom is -0.495 e. The molecule has 1 saturated carbocycles. The molecule has 1 aromatic carbocycles. The highest BCUT2D eigenvalue weighted by Gasteiger charge is 2.39. The van der Waals surface area contributed by atoms with Gasteiger partial charge < -0.3 is 14.6 Å². The van der Waals surface area contributed by atoms with Gasteiger partial charge in [-0.1, -0.05) is 13.8 Å². The average molecular weight is 343 g/mol. The van der Waals surface area contributed by atoms with Crippen molar-refractivity contribution in [3.8, 4) is 11.5 Å². The Bertz CT molecular complexity index is 489. The predicted molar refractivity (Wildman–Crippen MR) is 83.3 cm³/mol. The Labute approximate surface area is 129 Å². The molecule has 2 rings (SSSR count). The maximum absolute atomic E-state index is 11.1. The van der Waals surface area contributed by atoms with E-state index in [2.05, 4.69) is 29.8 Å². The van der Waals surface area contributed by atoms with E-state index in [9.17, 15) is 5.11 Å². The second-order valence-electron chi connectivity index (χ2n) is 5.89. The van der Waals surface area contributed by atoms with E-state index >= 15 is 0 Å². The van der Waals surface area contributed by atoms with E-state index in [0.717, 1.165) is 29.3 Å². The lowest BCUT2D eigenvalue weighted by Gasteiger charge is -2.40. The Balaban J connectivity index is 2.44. The Hall–Kier alpha value is -0.740. The van der Waals surface area contributed by atoms with E-state index in [1.54, 1.807) is 14.2 Å². The van der Waals surface area contributed by atoms with Gasteiger partial charge in [-0.3, -0.25) is 0 Å². The van der Waals surface area contributed by atoms with E-state index in [1.165, 1.54) is 0 Å². The molecule has 1 fully saturated rings. The summed E-state index contributed by atoms with van der Waals surface area (Å²) < 4.78 is 11.6. The first-order valence-corrected chi connectivity index (χ1v) is 7.85. The Morgan fingerprint density at radius 1 is 1.20 bits per heavy atom. The Morgan fingerprint density at radius 2 is 1.90 bits per heavy atom. The summed E-state index contributed by atoms with van der Waals surface area (Å²) in [4.78, 5) is 0. The third-order valence-corrected chi connectivity index (χ3v) is 5.38. The standard InChI is InChI=1S/C16H23BrO3/c1-10-7-8-16(18,9-11(10)2)12-5-6-13(19-3)14(17)15(12)20-4/h5-6,10-11,18H,7-9H2,1-4H3. The summed E-state index contributed by atoms with van der Waals surface area (Å²) in [5, 5.41) is 11.1. The molecule has 1 N–H and O–H groups in total. The van der Waals surface area contributed by atoms with Crippen molar-refractivity contribution in [1.82, 2.24) is 0 Å². The van der Waals surface area contributed by atoms with Crippen molar-refractivity contribution < 1.29 is 14.6 Å². The number of hydrogen-bond donors (Lipinski definition) is 1. The van der Waals surface area contributed by atoms with Gasteiger partial charge >= 0.3 is 0 Å². The van der Waals surface area contributed by atoms with Gasteiger partial charge in [0.15, 0.2) is 0 Å². The zero-order valence-electron chi connectivity index (χ0n) is 12.6. The molecule has 0 aromatic heterocycles. The van der Waals surface area contributed by atoms with Crippen LogP contribution in [0.1, 0.15) is 38.7 Å². The molecular weight excluding hydrogens is 320 g/mol. The van der Waals surface area contributed by atoms with Crippen LogP contribution in [-0.2, 0) is 5.60 Å². The number of halogens is 1. The maximum atomic E-state index is 11.1. The molecular formula is C16H23BrO3. The zero-order chi connectivity index (χ0) is 14.9. The first-order valence-electron chi connectivity index (χ1n) is 7.06. The minimum absolute atomic E-state index is 0.499. The molecule has 0 bridgehead atoms. The summed E-state index contributed by atoms with van der Waals surface area (Å²) in [6.07, 6.45) is 2.57. The third kappa shape index (κ3) is 2.68. The van der Waals surface area contributed by atoms with E-state index in [0.29, 0.717) is 23.3 Å². The van der Waals surface area contributed by atoms with E-state index < -0.39 is 5.60 Å². The van der Waals surface area contributed by atoms with Crippen LogP contribution in [0.4, 0.5) is 0 Å². The molecule has 0 radical (unpaired) electrons. The molecule has 3 unspecified atom stereocenters. The Kier molecular flexibility index (Phi) is 4.65. The number of ether oxygens (including phenoxy) is 2. The van der Waals surface area contributed by atoms with Crippen molar-refractivity contribution in [2.24, 2.45) is 11.8 Å². The lowest BCUT2D eigenvalue weighted by Crippen LogP contribution is -2.35. The van der Waals surface area contributed by atoms with Crippen LogP contribution in [-0.4, -0.2) is 19.3 Å². The molecule has 0 spiro atoms. The van der Waals surface area contributed by atoms with Crippen LogP contribution in [0.25, 0.3) is 0 Å². The fourth-order valence-corrected chi connectivity index (χ4v) is 3.76.